The smallest absolute Gasteiger partial charge is 0.217 e. The highest BCUT2D eigenvalue weighted by Gasteiger charge is 2.39. The summed E-state index contributed by atoms with van der Waals surface area (Å²) in [5.74, 6) is 0.275. The number of nitrogens with zero attached hydrogens (tertiary/aromatic N) is 1. The third-order valence-corrected chi connectivity index (χ3v) is 5.45. The molecule has 1 atom stereocenters. The average molecular weight is 386 g/mol. The van der Waals surface area contributed by atoms with Gasteiger partial charge in [-0.3, -0.25) is 4.79 Å². The van der Waals surface area contributed by atoms with Gasteiger partial charge in [-0.05, 0) is 36.6 Å². The van der Waals surface area contributed by atoms with E-state index in [0.29, 0.717) is 38.0 Å². The van der Waals surface area contributed by atoms with Gasteiger partial charge in [0.25, 0.3) is 0 Å². The standard InChI is InChI=1S/C22H27FN2O3/c1-16(26)24-22(19-5-3-4-6-20(19)23)11-13-25(14-12-22)15-21(27)17-7-9-18(28-2)10-8-17/h3-10,21,27H,11-15H2,1-2H3,(H,24,26). The van der Waals surface area contributed by atoms with Crippen LogP contribution in [0, 0.1) is 5.82 Å². The van der Waals surface area contributed by atoms with E-state index in [1.54, 1.807) is 25.3 Å². The molecule has 0 saturated carbocycles. The van der Waals surface area contributed by atoms with Crippen LogP contribution < -0.4 is 10.1 Å². The van der Waals surface area contributed by atoms with Crippen molar-refractivity contribution in [3.63, 3.8) is 0 Å². The number of β-amino-alcohol motifs (C(OH)–C–C–N with tert-alkyl or cyclic N) is 1. The third kappa shape index (κ3) is 4.51. The van der Waals surface area contributed by atoms with Crippen molar-refractivity contribution in [3.05, 3.63) is 65.5 Å². The molecule has 5 nitrogen and oxygen atoms in total. The van der Waals surface area contributed by atoms with Gasteiger partial charge in [0, 0.05) is 32.1 Å². The van der Waals surface area contributed by atoms with Gasteiger partial charge in [0.05, 0.1) is 18.8 Å². The Bertz CT molecular complexity index is 802. The van der Waals surface area contributed by atoms with E-state index >= 15 is 0 Å². The van der Waals surface area contributed by atoms with Crippen molar-refractivity contribution in [1.29, 1.82) is 0 Å². The molecule has 1 unspecified atom stereocenters. The van der Waals surface area contributed by atoms with E-state index in [1.807, 2.05) is 24.3 Å². The molecule has 0 bridgehead atoms. The van der Waals surface area contributed by atoms with Crippen LogP contribution in [0.15, 0.2) is 48.5 Å². The number of methoxy groups -OCH3 is 1. The molecule has 6 heteroatoms. The van der Waals surface area contributed by atoms with E-state index in [-0.39, 0.29) is 11.7 Å². The SMILES string of the molecule is COc1ccc(C(O)CN2CCC(NC(C)=O)(c3ccccc3F)CC2)cc1. The van der Waals surface area contributed by atoms with Crippen molar-refractivity contribution in [2.75, 3.05) is 26.7 Å². The number of halogens is 1. The summed E-state index contributed by atoms with van der Waals surface area (Å²) >= 11 is 0. The van der Waals surface area contributed by atoms with Crippen molar-refractivity contribution in [2.24, 2.45) is 0 Å². The van der Waals surface area contributed by atoms with Crippen LogP contribution in [0.4, 0.5) is 4.39 Å². The molecule has 28 heavy (non-hydrogen) atoms. The second-order valence-corrected chi connectivity index (χ2v) is 7.33. The molecule has 1 aliphatic rings. The molecular weight excluding hydrogens is 359 g/mol. The monoisotopic (exact) mass is 386 g/mol. The fourth-order valence-corrected chi connectivity index (χ4v) is 3.94. The highest BCUT2D eigenvalue weighted by molar-refractivity contribution is 5.74. The van der Waals surface area contributed by atoms with Crippen LogP contribution in [0.2, 0.25) is 0 Å². The molecule has 2 aromatic rings. The molecule has 0 radical (unpaired) electrons. The van der Waals surface area contributed by atoms with E-state index in [4.69, 9.17) is 4.74 Å². The quantitative estimate of drug-likeness (QED) is 0.801. The molecule has 2 N–H and O–H groups in total. The summed E-state index contributed by atoms with van der Waals surface area (Å²) in [6.45, 7) is 3.26. The predicted octanol–water partition coefficient (Wildman–Crippen LogP) is 3.00. The maximum atomic E-state index is 14.4. The number of carbonyl (C=O) groups is 1. The first-order valence-corrected chi connectivity index (χ1v) is 9.52. The number of piperidine rings is 1. The number of aliphatic hydroxyl groups is 1. The first kappa shape index (κ1) is 20.3. The highest BCUT2D eigenvalue weighted by atomic mass is 19.1. The fraction of sp³-hybridized carbons (Fsp3) is 0.409. The molecule has 1 aliphatic heterocycles. The van der Waals surface area contributed by atoms with Crippen LogP contribution in [0.3, 0.4) is 0 Å². The summed E-state index contributed by atoms with van der Waals surface area (Å²) in [5, 5.41) is 13.5. The number of ether oxygens (including phenoxy) is 1. The average Bonchev–Trinajstić information content (AvgIpc) is 2.69. The summed E-state index contributed by atoms with van der Waals surface area (Å²) in [6.07, 6.45) is 0.554. The van der Waals surface area contributed by atoms with Crippen LogP contribution in [-0.2, 0) is 10.3 Å². The lowest BCUT2D eigenvalue weighted by molar-refractivity contribution is -0.121. The Morgan fingerprint density at radius 3 is 2.43 bits per heavy atom. The zero-order chi connectivity index (χ0) is 20.1. The Balaban J connectivity index is 1.68. The number of benzene rings is 2. The minimum atomic E-state index is -0.710. The van der Waals surface area contributed by atoms with E-state index < -0.39 is 11.6 Å². The molecular formula is C22H27FN2O3. The lowest BCUT2D eigenvalue weighted by Gasteiger charge is -2.43. The van der Waals surface area contributed by atoms with Gasteiger partial charge in [-0.1, -0.05) is 30.3 Å². The van der Waals surface area contributed by atoms with Crippen molar-refractivity contribution in [3.8, 4) is 5.75 Å². The number of hydrogen-bond donors (Lipinski definition) is 2. The molecule has 150 valence electrons. The van der Waals surface area contributed by atoms with Gasteiger partial charge >= 0.3 is 0 Å². The summed E-state index contributed by atoms with van der Waals surface area (Å²) in [7, 11) is 1.61. The van der Waals surface area contributed by atoms with Gasteiger partial charge in [-0.2, -0.15) is 0 Å². The van der Waals surface area contributed by atoms with Crippen LogP contribution >= 0.6 is 0 Å². The minimum Gasteiger partial charge on any atom is -0.497 e. The zero-order valence-corrected chi connectivity index (χ0v) is 16.3. The maximum absolute atomic E-state index is 14.4. The van der Waals surface area contributed by atoms with E-state index in [0.717, 1.165) is 11.3 Å². The van der Waals surface area contributed by atoms with Crippen LogP contribution in [0.5, 0.6) is 5.75 Å². The van der Waals surface area contributed by atoms with E-state index in [9.17, 15) is 14.3 Å². The van der Waals surface area contributed by atoms with Gasteiger partial charge in [-0.15, -0.1) is 0 Å². The number of hydrogen-bond acceptors (Lipinski definition) is 4. The Morgan fingerprint density at radius 1 is 1.21 bits per heavy atom. The van der Waals surface area contributed by atoms with Crippen molar-refractivity contribution >= 4 is 5.91 Å². The van der Waals surface area contributed by atoms with E-state index in [1.165, 1.54) is 13.0 Å². The molecule has 1 amide bonds. The Kier molecular flexibility index (Phi) is 6.31. The van der Waals surface area contributed by atoms with Gasteiger partial charge in [-0.25, -0.2) is 4.39 Å². The van der Waals surface area contributed by atoms with Crippen LogP contribution in [0.25, 0.3) is 0 Å². The second-order valence-electron chi connectivity index (χ2n) is 7.33. The fourth-order valence-electron chi connectivity index (χ4n) is 3.94. The molecule has 2 aromatic carbocycles. The second kappa shape index (κ2) is 8.71. The maximum Gasteiger partial charge on any atom is 0.217 e. The Morgan fingerprint density at radius 2 is 1.86 bits per heavy atom. The first-order valence-electron chi connectivity index (χ1n) is 9.52. The molecule has 1 fully saturated rings. The molecule has 1 saturated heterocycles. The Hall–Kier alpha value is -2.44. The zero-order valence-electron chi connectivity index (χ0n) is 16.3. The summed E-state index contributed by atoms with van der Waals surface area (Å²) in [6, 6.07) is 14.0. The normalized spacial score (nSPS) is 17.7. The lowest BCUT2D eigenvalue weighted by atomic mass is 9.80. The highest BCUT2D eigenvalue weighted by Crippen LogP contribution is 2.35. The topological polar surface area (TPSA) is 61.8 Å². The van der Waals surface area contributed by atoms with Gasteiger partial charge in [0.15, 0.2) is 0 Å². The predicted molar refractivity (Wildman–Crippen MR) is 106 cm³/mol. The number of nitrogens with one attached hydrogen (secondary N) is 1. The number of likely N-dealkylation sites (tertiary alicyclic amines) is 1. The molecule has 1 heterocycles. The van der Waals surface area contributed by atoms with E-state index in [2.05, 4.69) is 10.2 Å². The van der Waals surface area contributed by atoms with Crippen LogP contribution in [-0.4, -0.2) is 42.7 Å². The molecule has 3 rings (SSSR count). The molecule has 0 aliphatic carbocycles. The minimum absolute atomic E-state index is 0.171. The molecule has 0 spiro atoms. The largest absolute Gasteiger partial charge is 0.497 e. The first-order chi connectivity index (χ1) is 13.4. The number of rotatable bonds is 6. The summed E-state index contributed by atoms with van der Waals surface area (Å²) in [4.78, 5) is 13.9. The summed E-state index contributed by atoms with van der Waals surface area (Å²) < 4.78 is 19.6. The van der Waals surface area contributed by atoms with Gasteiger partial charge < -0.3 is 20.1 Å². The van der Waals surface area contributed by atoms with Crippen molar-refractivity contribution < 1.29 is 19.0 Å². The molecule has 0 aromatic heterocycles. The van der Waals surface area contributed by atoms with Crippen molar-refractivity contribution in [1.82, 2.24) is 10.2 Å². The lowest BCUT2D eigenvalue weighted by Crippen LogP contribution is -2.53. The van der Waals surface area contributed by atoms with Crippen molar-refractivity contribution in [2.45, 2.75) is 31.4 Å². The Labute approximate surface area is 165 Å². The van der Waals surface area contributed by atoms with Gasteiger partial charge in [0.1, 0.15) is 11.6 Å². The number of carbonyl (C=O) groups excluding carboxylic acids is 1. The third-order valence-electron chi connectivity index (χ3n) is 5.45. The number of aliphatic hydroxyl groups excluding tert-OH is 1. The van der Waals surface area contributed by atoms with Crippen LogP contribution in [0.1, 0.15) is 37.0 Å². The number of amides is 1. The summed E-state index contributed by atoms with van der Waals surface area (Å²) in [5.41, 5.74) is 0.646. The van der Waals surface area contributed by atoms with Gasteiger partial charge in [0.2, 0.25) is 5.91 Å².